The van der Waals surface area contributed by atoms with Crippen molar-refractivity contribution in [1.82, 2.24) is 24.3 Å². The molecule has 1 aliphatic carbocycles. The van der Waals surface area contributed by atoms with Crippen LogP contribution in [-0.2, 0) is 19.4 Å². The number of hydrogen-bond donors (Lipinski definition) is 1. The van der Waals surface area contributed by atoms with Gasteiger partial charge in [-0.3, -0.25) is 4.90 Å². The van der Waals surface area contributed by atoms with Crippen LogP contribution in [0.4, 0.5) is 0 Å². The Hall–Kier alpha value is -2.14. The van der Waals surface area contributed by atoms with Gasteiger partial charge in [-0.15, -0.1) is 0 Å². The van der Waals surface area contributed by atoms with Crippen LogP contribution in [0, 0.1) is 0 Å². The molecular weight excluding hydrogens is 298 g/mol. The second kappa shape index (κ2) is 5.74. The number of likely N-dealkylation sites (tertiary alicyclic amines) is 1. The summed E-state index contributed by atoms with van der Waals surface area (Å²) in [6, 6.07) is 6.59. The fraction of sp³-hybridized carbons (Fsp3) is 0.474. The van der Waals surface area contributed by atoms with Crippen LogP contribution in [0.2, 0.25) is 0 Å². The first-order valence-electron chi connectivity index (χ1n) is 9.11. The lowest BCUT2D eigenvalue weighted by atomic mass is 10.0. The van der Waals surface area contributed by atoms with E-state index in [1.54, 1.807) is 0 Å². The number of pyridine rings is 1. The molecule has 2 aliphatic rings. The molecule has 0 unspecified atom stereocenters. The number of fused-ring (bicyclic) bond motifs is 2. The molecule has 24 heavy (non-hydrogen) atoms. The second-order valence-electron chi connectivity index (χ2n) is 7.06. The predicted molar refractivity (Wildman–Crippen MR) is 92.8 cm³/mol. The average Bonchev–Trinajstić information content (AvgIpc) is 3.33. The summed E-state index contributed by atoms with van der Waals surface area (Å²) in [6.45, 7) is 2.07. The van der Waals surface area contributed by atoms with E-state index < -0.39 is 0 Å². The molecule has 1 fully saturated rings. The Labute approximate surface area is 141 Å². The molecular formula is C19H23N5. The van der Waals surface area contributed by atoms with Crippen molar-refractivity contribution in [3.63, 3.8) is 0 Å². The molecule has 124 valence electrons. The van der Waals surface area contributed by atoms with Crippen LogP contribution in [0.15, 0.2) is 30.6 Å². The minimum atomic E-state index is 0.421. The Morgan fingerprint density at radius 2 is 2.12 bits per heavy atom. The van der Waals surface area contributed by atoms with Crippen molar-refractivity contribution < 1.29 is 0 Å². The summed E-state index contributed by atoms with van der Waals surface area (Å²) in [5, 5.41) is 0. The molecule has 0 aromatic carbocycles. The van der Waals surface area contributed by atoms with Gasteiger partial charge in [0.1, 0.15) is 11.5 Å². The standard InChI is InChI=1S/C19H23N5/c1-2-7-16-15(6-1)21-19(22-16)17-8-5-10-23(17)13-14-12-20-18-9-3-4-11-24(14)18/h3-4,9,11-12,17H,1-2,5-8,10,13H2,(H,21,22)/t17-/m1/s1. The van der Waals surface area contributed by atoms with Gasteiger partial charge in [0.25, 0.3) is 0 Å². The third-order valence-corrected chi connectivity index (χ3v) is 5.51. The highest BCUT2D eigenvalue weighted by atomic mass is 15.2. The highest BCUT2D eigenvalue weighted by Gasteiger charge is 2.30. The molecule has 0 amide bonds. The summed E-state index contributed by atoms with van der Waals surface area (Å²) in [6.07, 6.45) is 11.5. The fourth-order valence-electron chi connectivity index (χ4n) is 4.27. The fourth-order valence-corrected chi connectivity index (χ4v) is 4.27. The minimum Gasteiger partial charge on any atom is -0.344 e. The molecule has 1 atom stereocenters. The van der Waals surface area contributed by atoms with Gasteiger partial charge in [0, 0.05) is 18.4 Å². The summed E-state index contributed by atoms with van der Waals surface area (Å²) in [5.41, 5.74) is 4.99. The zero-order valence-electron chi connectivity index (χ0n) is 13.9. The maximum atomic E-state index is 4.95. The minimum absolute atomic E-state index is 0.421. The lowest BCUT2D eigenvalue weighted by molar-refractivity contribution is 0.237. The van der Waals surface area contributed by atoms with Gasteiger partial charge in [-0.2, -0.15) is 0 Å². The maximum absolute atomic E-state index is 4.95. The van der Waals surface area contributed by atoms with Crippen LogP contribution in [0.1, 0.15) is 54.6 Å². The summed E-state index contributed by atoms with van der Waals surface area (Å²) < 4.78 is 2.20. The molecule has 5 nitrogen and oxygen atoms in total. The average molecular weight is 321 g/mol. The Morgan fingerprint density at radius 3 is 3.08 bits per heavy atom. The quantitative estimate of drug-likeness (QED) is 0.805. The first kappa shape index (κ1) is 14.2. The van der Waals surface area contributed by atoms with Crippen LogP contribution < -0.4 is 0 Å². The summed E-state index contributed by atoms with van der Waals surface area (Å²) in [4.78, 5) is 15.7. The smallest absolute Gasteiger partial charge is 0.136 e. The summed E-state index contributed by atoms with van der Waals surface area (Å²) in [7, 11) is 0. The van der Waals surface area contributed by atoms with Crippen molar-refractivity contribution in [1.29, 1.82) is 0 Å². The van der Waals surface area contributed by atoms with Gasteiger partial charge >= 0.3 is 0 Å². The number of nitrogens with zero attached hydrogens (tertiary/aromatic N) is 4. The first-order valence-corrected chi connectivity index (χ1v) is 9.11. The van der Waals surface area contributed by atoms with Crippen LogP contribution in [-0.4, -0.2) is 30.8 Å². The van der Waals surface area contributed by atoms with Crippen LogP contribution in [0.25, 0.3) is 5.65 Å². The molecule has 4 heterocycles. The highest BCUT2D eigenvalue weighted by molar-refractivity contribution is 5.39. The number of nitrogens with one attached hydrogen (secondary N) is 1. The molecule has 0 saturated carbocycles. The normalized spacial score (nSPS) is 21.4. The molecule has 1 saturated heterocycles. The molecule has 1 aliphatic heterocycles. The number of imidazole rings is 2. The van der Waals surface area contributed by atoms with E-state index in [4.69, 9.17) is 4.98 Å². The Balaban J connectivity index is 1.42. The molecule has 0 radical (unpaired) electrons. The van der Waals surface area contributed by atoms with E-state index in [1.807, 2.05) is 12.3 Å². The lowest BCUT2D eigenvalue weighted by Crippen LogP contribution is -2.24. The Bertz CT molecular complexity index is 838. The molecule has 0 bridgehead atoms. The van der Waals surface area contributed by atoms with Gasteiger partial charge < -0.3 is 9.38 Å². The van der Waals surface area contributed by atoms with Gasteiger partial charge in [0.15, 0.2) is 0 Å². The lowest BCUT2D eigenvalue weighted by Gasteiger charge is -2.22. The zero-order valence-corrected chi connectivity index (χ0v) is 13.9. The Kier molecular flexibility index (Phi) is 3.40. The van der Waals surface area contributed by atoms with E-state index in [2.05, 4.69) is 37.6 Å². The number of H-pyrrole nitrogens is 1. The van der Waals surface area contributed by atoms with Crippen molar-refractivity contribution in [2.45, 2.75) is 51.1 Å². The largest absolute Gasteiger partial charge is 0.344 e. The topological polar surface area (TPSA) is 49.2 Å². The van der Waals surface area contributed by atoms with Crippen molar-refractivity contribution in [2.75, 3.05) is 6.54 Å². The van der Waals surface area contributed by atoms with Gasteiger partial charge in [0.2, 0.25) is 0 Å². The van der Waals surface area contributed by atoms with Crippen molar-refractivity contribution >= 4 is 5.65 Å². The van der Waals surface area contributed by atoms with Crippen molar-refractivity contribution in [3.05, 3.63) is 53.5 Å². The molecule has 5 rings (SSSR count). The van der Waals surface area contributed by atoms with E-state index in [1.165, 1.54) is 55.0 Å². The second-order valence-corrected chi connectivity index (χ2v) is 7.06. The summed E-state index contributed by atoms with van der Waals surface area (Å²) in [5.74, 6) is 1.19. The SMILES string of the molecule is c1ccn2c(CN3CCC[C@@H]3c3nc4c([nH]3)CCCC4)cnc2c1. The molecule has 3 aromatic heterocycles. The van der Waals surface area contributed by atoms with E-state index in [-0.39, 0.29) is 0 Å². The van der Waals surface area contributed by atoms with Gasteiger partial charge in [0.05, 0.1) is 23.6 Å². The third-order valence-electron chi connectivity index (χ3n) is 5.51. The van der Waals surface area contributed by atoms with Gasteiger partial charge in [-0.25, -0.2) is 9.97 Å². The van der Waals surface area contributed by atoms with E-state index in [9.17, 15) is 0 Å². The van der Waals surface area contributed by atoms with E-state index in [0.29, 0.717) is 6.04 Å². The number of aryl methyl sites for hydroxylation is 2. The number of hydrogen-bond acceptors (Lipinski definition) is 3. The van der Waals surface area contributed by atoms with E-state index in [0.717, 1.165) is 25.2 Å². The molecule has 5 heteroatoms. The van der Waals surface area contributed by atoms with Gasteiger partial charge in [-0.05, 0) is 57.2 Å². The maximum Gasteiger partial charge on any atom is 0.136 e. The summed E-state index contributed by atoms with van der Waals surface area (Å²) >= 11 is 0. The molecule has 3 aromatic rings. The predicted octanol–water partition coefficient (Wildman–Crippen LogP) is 3.27. The number of aromatic nitrogens is 4. The van der Waals surface area contributed by atoms with E-state index >= 15 is 0 Å². The van der Waals surface area contributed by atoms with Crippen molar-refractivity contribution in [3.8, 4) is 0 Å². The van der Waals surface area contributed by atoms with Gasteiger partial charge in [-0.1, -0.05) is 6.07 Å². The van der Waals surface area contributed by atoms with Crippen molar-refractivity contribution in [2.24, 2.45) is 0 Å². The first-order chi connectivity index (χ1) is 11.9. The number of rotatable bonds is 3. The van der Waals surface area contributed by atoms with Crippen LogP contribution >= 0.6 is 0 Å². The monoisotopic (exact) mass is 321 g/mol. The number of aromatic amines is 1. The molecule has 0 spiro atoms. The van der Waals surface area contributed by atoms with Crippen LogP contribution in [0.3, 0.4) is 0 Å². The highest BCUT2D eigenvalue weighted by Crippen LogP contribution is 2.33. The van der Waals surface area contributed by atoms with Crippen LogP contribution in [0.5, 0.6) is 0 Å². The Morgan fingerprint density at radius 1 is 1.17 bits per heavy atom. The zero-order chi connectivity index (χ0) is 15.9. The third kappa shape index (κ3) is 2.35. The molecule has 1 N–H and O–H groups in total.